The zero-order chi connectivity index (χ0) is 14.4. The number of halogens is 1. The number of hydrogen-bond acceptors (Lipinski definition) is 3. The maximum atomic E-state index is 12.7. The van der Waals surface area contributed by atoms with E-state index in [0.717, 1.165) is 36.8 Å². The fraction of sp³-hybridized carbons (Fsp3) is 0.941. The van der Waals surface area contributed by atoms with E-state index in [4.69, 9.17) is 4.74 Å². The van der Waals surface area contributed by atoms with Gasteiger partial charge < -0.3 is 15.0 Å². The molecule has 1 saturated heterocycles. The largest absolute Gasteiger partial charge is 0.378 e. The molecule has 4 saturated carbocycles. The fourth-order valence-electron chi connectivity index (χ4n) is 5.80. The van der Waals surface area contributed by atoms with Crippen molar-refractivity contribution < 1.29 is 9.53 Å². The highest BCUT2D eigenvalue weighted by Crippen LogP contribution is 2.55. The zero-order valence-electron chi connectivity index (χ0n) is 13.5. The molecule has 0 aromatic heterocycles. The molecule has 0 aromatic rings. The van der Waals surface area contributed by atoms with E-state index in [2.05, 4.69) is 17.3 Å². The maximum absolute atomic E-state index is 12.7. The van der Waals surface area contributed by atoms with Crippen molar-refractivity contribution in [1.29, 1.82) is 0 Å². The Morgan fingerprint density at radius 3 is 2.32 bits per heavy atom. The van der Waals surface area contributed by atoms with Gasteiger partial charge in [0.05, 0.1) is 13.2 Å². The van der Waals surface area contributed by atoms with E-state index >= 15 is 0 Å². The first-order valence-corrected chi connectivity index (χ1v) is 8.77. The summed E-state index contributed by atoms with van der Waals surface area (Å²) in [5, 5.41) is 3.40. The predicted molar refractivity (Wildman–Crippen MR) is 88.1 cm³/mol. The van der Waals surface area contributed by atoms with Crippen LogP contribution in [0.1, 0.15) is 38.5 Å². The van der Waals surface area contributed by atoms with Gasteiger partial charge in [-0.1, -0.05) is 0 Å². The number of nitrogens with one attached hydrogen (secondary N) is 1. The Morgan fingerprint density at radius 2 is 1.77 bits per heavy atom. The SMILES string of the molecule is CN(C(=O)CC1COCCN1)C1C2CC3CC(C2)CC1C3.Cl. The van der Waals surface area contributed by atoms with Crippen LogP contribution in [0.25, 0.3) is 0 Å². The molecule has 1 aliphatic heterocycles. The molecule has 0 aromatic carbocycles. The number of amides is 1. The number of morpholine rings is 1. The minimum atomic E-state index is 0. The summed E-state index contributed by atoms with van der Waals surface area (Å²) >= 11 is 0. The predicted octanol–water partition coefficient (Wildman–Crippen LogP) is 2.07. The van der Waals surface area contributed by atoms with Gasteiger partial charge in [-0.25, -0.2) is 0 Å². The normalized spacial score (nSPS) is 42.8. The fourth-order valence-corrected chi connectivity index (χ4v) is 5.80. The Labute approximate surface area is 139 Å². The van der Waals surface area contributed by atoms with Crippen LogP contribution in [-0.4, -0.2) is 49.7 Å². The second-order valence-corrected chi connectivity index (χ2v) is 7.86. The molecule has 1 amide bonds. The third kappa shape index (κ3) is 3.02. The third-order valence-corrected chi connectivity index (χ3v) is 6.44. The lowest BCUT2D eigenvalue weighted by Gasteiger charge is -2.56. The molecule has 5 rings (SSSR count). The van der Waals surface area contributed by atoms with Crippen molar-refractivity contribution in [2.75, 3.05) is 26.8 Å². The van der Waals surface area contributed by atoms with Crippen LogP contribution in [0.5, 0.6) is 0 Å². The Morgan fingerprint density at radius 1 is 1.14 bits per heavy atom. The van der Waals surface area contributed by atoms with Crippen molar-refractivity contribution in [2.24, 2.45) is 23.7 Å². The lowest BCUT2D eigenvalue weighted by molar-refractivity contribution is -0.142. The molecule has 1 unspecified atom stereocenters. The monoisotopic (exact) mass is 328 g/mol. The molecule has 4 nitrogen and oxygen atoms in total. The van der Waals surface area contributed by atoms with Crippen molar-refractivity contribution in [3.05, 3.63) is 0 Å². The van der Waals surface area contributed by atoms with Gasteiger partial charge >= 0.3 is 0 Å². The number of ether oxygens (including phenoxy) is 1. The minimum Gasteiger partial charge on any atom is -0.378 e. The average Bonchev–Trinajstić information content (AvgIpc) is 2.47. The second-order valence-electron chi connectivity index (χ2n) is 7.86. The summed E-state index contributed by atoms with van der Waals surface area (Å²) in [5.74, 6) is 3.83. The molecule has 0 spiro atoms. The third-order valence-electron chi connectivity index (χ3n) is 6.44. The summed E-state index contributed by atoms with van der Waals surface area (Å²) < 4.78 is 5.47. The highest BCUT2D eigenvalue weighted by atomic mass is 35.5. The molecular weight excluding hydrogens is 300 g/mol. The molecule has 1 N–H and O–H groups in total. The van der Waals surface area contributed by atoms with E-state index in [1.807, 2.05) is 0 Å². The van der Waals surface area contributed by atoms with Crippen molar-refractivity contribution in [3.8, 4) is 0 Å². The molecule has 5 fully saturated rings. The summed E-state index contributed by atoms with van der Waals surface area (Å²) in [6, 6.07) is 0.736. The van der Waals surface area contributed by atoms with Gasteiger partial charge in [-0.15, -0.1) is 12.4 Å². The summed E-state index contributed by atoms with van der Waals surface area (Å²) in [5.41, 5.74) is 0. The van der Waals surface area contributed by atoms with Crippen LogP contribution in [-0.2, 0) is 9.53 Å². The lowest BCUT2D eigenvalue weighted by atomic mass is 9.54. The summed E-state index contributed by atoms with van der Waals surface area (Å²) in [6.07, 6.45) is 7.57. The van der Waals surface area contributed by atoms with Crippen molar-refractivity contribution in [1.82, 2.24) is 10.2 Å². The molecule has 1 heterocycles. The molecular formula is C17H29ClN2O2. The Hall–Kier alpha value is -0.320. The average molecular weight is 329 g/mol. The van der Waals surface area contributed by atoms with Crippen LogP contribution < -0.4 is 5.32 Å². The molecule has 5 heteroatoms. The quantitative estimate of drug-likeness (QED) is 0.862. The number of carbonyl (C=O) groups excluding carboxylic acids is 1. The Balaban J connectivity index is 0.00000144. The van der Waals surface area contributed by atoms with E-state index in [0.29, 0.717) is 25.0 Å². The van der Waals surface area contributed by atoms with Crippen LogP contribution in [0.2, 0.25) is 0 Å². The van der Waals surface area contributed by atoms with E-state index in [9.17, 15) is 4.79 Å². The second kappa shape index (κ2) is 6.66. The molecule has 126 valence electrons. The standard InChI is InChI=1S/C17H28N2O2.ClH/c1-19(16(20)9-15-10-21-3-2-18-15)17-13-5-11-4-12(7-13)8-14(17)6-11;/h11-15,17-18H,2-10H2,1H3;1H. The van der Waals surface area contributed by atoms with E-state index in [1.54, 1.807) is 0 Å². The molecule has 1 atom stereocenters. The van der Waals surface area contributed by atoms with Crippen LogP contribution in [0, 0.1) is 23.7 Å². The van der Waals surface area contributed by atoms with Gasteiger partial charge in [0.2, 0.25) is 5.91 Å². The smallest absolute Gasteiger partial charge is 0.224 e. The minimum absolute atomic E-state index is 0. The van der Waals surface area contributed by atoms with Crippen LogP contribution in [0.4, 0.5) is 0 Å². The van der Waals surface area contributed by atoms with Crippen LogP contribution in [0.15, 0.2) is 0 Å². The van der Waals surface area contributed by atoms with Gasteiger partial charge in [0.25, 0.3) is 0 Å². The maximum Gasteiger partial charge on any atom is 0.224 e. The van der Waals surface area contributed by atoms with Gasteiger partial charge in [0.15, 0.2) is 0 Å². The molecule has 5 aliphatic rings. The van der Waals surface area contributed by atoms with Gasteiger partial charge in [-0.2, -0.15) is 0 Å². The molecule has 0 radical (unpaired) electrons. The van der Waals surface area contributed by atoms with E-state index < -0.39 is 0 Å². The van der Waals surface area contributed by atoms with E-state index in [-0.39, 0.29) is 18.4 Å². The van der Waals surface area contributed by atoms with Crippen molar-refractivity contribution in [2.45, 2.75) is 50.6 Å². The molecule has 4 aliphatic carbocycles. The summed E-state index contributed by atoms with van der Waals surface area (Å²) in [6.45, 7) is 2.33. The van der Waals surface area contributed by atoms with Gasteiger partial charge in [-0.3, -0.25) is 4.79 Å². The van der Waals surface area contributed by atoms with E-state index in [1.165, 1.54) is 32.1 Å². The van der Waals surface area contributed by atoms with Gasteiger partial charge in [-0.05, 0) is 55.8 Å². The van der Waals surface area contributed by atoms with Crippen LogP contribution >= 0.6 is 12.4 Å². The highest BCUT2D eigenvalue weighted by molar-refractivity contribution is 5.85. The molecule has 22 heavy (non-hydrogen) atoms. The first kappa shape index (κ1) is 16.5. The van der Waals surface area contributed by atoms with Crippen molar-refractivity contribution >= 4 is 18.3 Å². The number of carbonyl (C=O) groups is 1. The summed E-state index contributed by atoms with van der Waals surface area (Å²) in [7, 11) is 2.05. The summed E-state index contributed by atoms with van der Waals surface area (Å²) in [4.78, 5) is 14.8. The highest BCUT2D eigenvalue weighted by Gasteiger charge is 2.50. The van der Waals surface area contributed by atoms with Gasteiger partial charge in [0, 0.05) is 32.1 Å². The van der Waals surface area contributed by atoms with Gasteiger partial charge in [0.1, 0.15) is 0 Å². The van der Waals surface area contributed by atoms with Crippen LogP contribution in [0.3, 0.4) is 0 Å². The molecule has 4 bridgehead atoms. The Bertz CT molecular complexity index is 383. The van der Waals surface area contributed by atoms with Crippen molar-refractivity contribution in [3.63, 3.8) is 0 Å². The number of nitrogens with zero attached hydrogens (tertiary/aromatic N) is 1. The first-order chi connectivity index (χ1) is 10.2. The zero-order valence-corrected chi connectivity index (χ0v) is 14.3. The number of rotatable bonds is 3. The first-order valence-electron chi connectivity index (χ1n) is 8.77. The topological polar surface area (TPSA) is 41.6 Å². The number of hydrogen-bond donors (Lipinski definition) is 1. The lowest BCUT2D eigenvalue weighted by Crippen LogP contribution is -2.57. The Kier molecular flexibility index (Phi) is 5.01.